The minimum Gasteiger partial charge on any atom is -0.382 e. The summed E-state index contributed by atoms with van der Waals surface area (Å²) in [5.74, 6) is 0.250. The molecule has 2 rings (SSSR count). The van der Waals surface area contributed by atoms with Crippen LogP contribution >= 0.6 is 0 Å². The van der Waals surface area contributed by atoms with E-state index in [2.05, 4.69) is 31.3 Å². The lowest BCUT2D eigenvalue weighted by Gasteiger charge is -2.21. The number of carbonyl (C=O) groups excluding carboxylic acids is 1. The van der Waals surface area contributed by atoms with E-state index in [1.165, 1.54) is 19.3 Å². The fraction of sp³-hybridized carbons (Fsp3) is 0.588. The van der Waals surface area contributed by atoms with Gasteiger partial charge in [0.2, 0.25) is 5.91 Å². The summed E-state index contributed by atoms with van der Waals surface area (Å²) in [6, 6.07) is 8.80. The number of amides is 1. The Morgan fingerprint density at radius 3 is 2.85 bits per heavy atom. The molecule has 1 saturated heterocycles. The highest BCUT2D eigenvalue weighted by atomic mass is 16.2. The van der Waals surface area contributed by atoms with E-state index in [-0.39, 0.29) is 5.91 Å². The molecule has 0 bridgehead atoms. The molecule has 1 amide bonds. The van der Waals surface area contributed by atoms with E-state index in [0.29, 0.717) is 12.5 Å². The lowest BCUT2D eigenvalue weighted by Crippen LogP contribution is -2.24. The molecule has 1 N–H and O–H groups in total. The lowest BCUT2D eigenvalue weighted by molar-refractivity contribution is -0.117. The molecule has 1 aromatic rings. The first kappa shape index (κ1) is 14.9. The van der Waals surface area contributed by atoms with Gasteiger partial charge in [-0.1, -0.05) is 32.8 Å². The van der Waals surface area contributed by atoms with Crippen molar-refractivity contribution in [2.75, 3.05) is 16.8 Å². The average molecular weight is 274 g/mol. The predicted molar refractivity (Wildman–Crippen MR) is 85.3 cm³/mol. The number of nitrogens with zero attached hydrogens (tertiary/aromatic N) is 1. The number of anilines is 2. The number of benzene rings is 1. The fourth-order valence-corrected chi connectivity index (χ4v) is 2.75. The van der Waals surface area contributed by atoms with Crippen molar-refractivity contribution >= 4 is 17.3 Å². The minimum atomic E-state index is 0.250. The van der Waals surface area contributed by atoms with Crippen molar-refractivity contribution in [2.24, 2.45) is 0 Å². The highest BCUT2D eigenvalue weighted by molar-refractivity contribution is 5.95. The van der Waals surface area contributed by atoms with Crippen LogP contribution in [-0.4, -0.2) is 18.5 Å². The van der Waals surface area contributed by atoms with Crippen molar-refractivity contribution in [1.82, 2.24) is 0 Å². The molecule has 1 aliphatic rings. The van der Waals surface area contributed by atoms with E-state index in [9.17, 15) is 4.79 Å². The Labute approximate surface area is 122 Å². The fourth-order valence-electron chi connectivity index (χ4n) is 2.75. The molecule has 1 fully saturated rings. The Hall–Kier alpha value is -1.51. The van der Waals surface area contributed by atoms with Gasteiger partial charge < -0.3 is 10.2 Å². The van der Waals surface area contributed by atoms with Crippen LogP contribution in [0.4, 0.5) is 11.4 Å². The van der Waals surface area contributed by atoms with E-state index in [1.807, 2.05) is 17.0 Å². The molecular weight excluding hydrogens is 248 g/mol. The highest BCUT2D eigenvalue weighted by Gasteiger charge is 2.21. The highest BCUT2D eigenvalue weighted by Crippen LogP contribution is 2.25. The van der Waals surface area contributed by atoms with Gasteiger partial charge in [0.15, 0.2) is 0 Å². The van der Waals surface area contributed by atoms with Crippen LogP contribution in [0, 0.1) is 0 Å². The second-order valence-corrected chi connectivity index (χ2v) is 5.59. The molecule has 110 valence electrons. The minimum absolute atomic E-state index is 0.250. The Morgan fingerprint density at radius 2 is 2.20 bits per heavy atom. The zero-order chi connectivity index (χ0) is 14.4. The molecular formula is C17H26N2O. The Balaban J connectivity index is 2.03. The van der Waals surface area contributed by atoms with Crippen LogP contribution in [0.1, 0.15) is 52.4 Å². The van der Waals surface area contributed by atoms with Gasteiger partial charge in [0.1, 0.15) is 0 Å². The molecule has 1 aliphatic heterocycles. The summed E-state index contributed by atoms with van der Waals surface area (Å²) >= 11 is 0. The molecule has 0 saturated carbocycles. The third-order valence-electron chi connectivity index (χ3n) is 4.00. The quantitative estimate of drug-likeness (QED) is 0.808. The summed E-state index contributed by atoms with van der Waals surface area (Å²) in [6.45, 7) is 5.31. The largest absolute Gasteiger partial charge is 0.382 e. The second-order valence-electron chi connectivity index (χ2n) is 5.59. The molecule has 1 atom stereocenters. The van der Waals surface area contributed by atoms with Gasteiger partial charge in [0, 0.05) is 30.4 Å². The SMILES string of the molecule is CCCCC(CC)Nc1cccc(N2CCCC2=O)c1. The van der Waals surface area contributed by atoms with Crippen LogP contribution < -0.4 is 10.2 Å². The summed E-state index contributed by atoms with van der Waals surface area (Å²) in [5.41, 5.74) is 2.16. The van der Waals surface area contributed by atoms with Crippen LogP contribution in [0.25, 0.3) is 0 Å². The smallest absolute Gasteiger partial charge is 0.227 e. The van der Waals surface area contributed by atoms with Gasteiger partial charge in [-0.25, -0.2) is 0 Å². The first-order chi connectivity index (χ1) is 9.74. The van der Waals surface area contributed by atoms with Crippen LogP contribution in [0.15, 0.2) is 24.3 Å². The summed E-state index contributed by atoms with van der Waals surface area (Å²) in [7, 11) is 0. The summed E-state index contributed by atoms with van der Waals surface area (Å²) < 4.78 is 0. The molecule has 1 unspecified atom stereocenters. The van der Waals surface area contributed by atoms with Crippen LogP contribution in [-0.2, 0) is 4.79 Å². The average Bonchev–Trinajstić information content (AvgIpc) is 2.90. The normalized spacial score (nSPS) is 16.5. The van der Waals surface area contributed by atoms with E-state index in [1.54, 1.807) is 0 Å². The number of nitrogens with one attached hydrogen (secondary N) is 1. The first-order valence-corrected chi connectivity index (χ1v) is 7.91. The first-order valence-electron chi connectivity index (χ1n) is 7.91. The molecule has 1 heterocycles. The molecule has 0 aromatic heterocycles. The summed E-state index contributed by atoms with van der Waals surface area (Å²) in [4.78, 5) is 13.7. The molecule has 0 aliphatic carbocycles. The maximum absolute atomic E-state index is 11.8. The molecule has 1 aromatic carbocycles. The molecule has 0 radical (unpaired) electrons. The third-order valence-corrected chi connectivity index (χ3v) is 4.00. The van der Waals surface area contributed by atoms with Crippen molar-refractivity contribution in [3.05, 3.63) is 24.3 Å². The standard InChI is InChI=1S/C17H26N2O/c1-3-5-8-14(4-2)18-15-9-6-10-16(13-15)19-12-7-11-17(19)20/h6,9-10,13-14,18H,3-5,7-8,11-12H2,1-2H3. The van der Waals surface area contributed by atoms with Gasteiger partial charge in [-0.3, -0.25) is 4.79 Å². The summed E-state index contributed by atoms with van der Waals surface area (Å²) in [6.07, 6.45) is 6.50. The van der Waals surface area contributed by atoms with Crippen LogP contribution in [0.3, 0.4) is 0 Å². The van der Waals surface area contributed by atoms with Crippen molar-refractivity contribution in [3.63, 3.8) is 0 Å². The van der Waals surface area contributed by atoms with E-state index >= 15 is 0 Å². The number of unbranched alkanes of at least 4 members (excludes halogenated alkanes) is 1. The Bertz CT molecular complexity index is 444. The van der Waals surface area contributed by atoms with E-state index < -0.39 is 0 Å². The third kappa shape index (κ3) is 3.75. The van der Waals surface area contributed by atoms with Crippen molar-refractivity contribution in [3.8, 4) is 0 Å². The zero-order valence-corrected chi connectivity index (χ0v) is 12.7. The number of rotatable bonds is 7. The van der Waals surface area contributed by atoms with Gasteiger partial charge in [-0.2, -0.15) is 0 Å². The van der Waals surface area contributed by atoms with Gasteiger partial charge in [0.05, 0.1) is 0 Å². The van der Waals surface area contributed by atoms with Crippen molar-refractivity contribution in [2.45, 2.75) is 58.4 Å². The molecule has 20 heavy (non-hydrogen) atoms. The maximum atomic E-state index is 11.8. The van der Waals surface area contributed by atoms with E-state index in [0.717, 1.165) is 30.8 Å². The zero-order valence-electron chi connectivity index (χ0n) is 12.7. The summed E-state index contributed by atoms with van der Waals surface area (Å²) in [5, 5.41) is 3.60. The number of carbonyl (C=O) groups is 1. The van der Waals surface area contributed by atoms with E-state index in [4.69, 9.17) is 0 Å². The maximum Gasteiger partial charge on any atom is 0.227 e. The molecule has 0 spiro atoms. The van der Waals surface area contributed by atoms with Gasteiger partial charge in [-0.15, -0.1) is 0 Å². The van der Waals surface area contributed by atoms with Gasteiger partial charge in [-0.05, 0) is 37.5 Å². The molecule has 3 heteroatoms. The van der Waals surface area contributed by atoms with Gasteiger partial charge >= 0.3 is 0 Å². The molecule has 3 nitrogen and oxygen atoms in total. The number of hydrogen-bond acceptors (Lipinski definition) is 2. The Kier molecular flexibility index (Phi) is 5.45. The Morgan fingerprint density at radius 1 is 1.35 bits per heavy atom. The van der Waals surface area contributed by atoms with Gasteiger partial charge in [0.25, 0.3) is 0 Å². The second kappa shape index (κ2) is 7.32. The predicted octanol–water partition coefficient (Wildman–Crippen LogP) is 4.19. The topological polar surface area (TPSA) is 32.3 Å². The number of hydrogen-bond donors (Lipinski definition) is 1. The van der Waals surface area contributed by atoms with Crippen molar-refractivity contribution < 1.29 is 4.79 Å². The monoisotopic (exact) mass is 274 g/mol. The van der Waals surface area contributed by atoms with Crippen molar-refractivity contribution in [1.29, 1.82) is 0 Å². The van der Waals surface area contributed by atoms with Crippen LogP contribution in [0.5, 0.6) is 0 Å². The lowest BCUT2D eigenvalue weighted by atomic mass is 10.1. The van der Waals surface area contributed by atoms with Crippen LogP contribution in [0.2, 0.25) is 0 Å².